The normalized spacial score (nSPS) is 53.8. The van der Waals surface area contributed by atoms with Crippen LogP contribution >= 0.6 is 0 Å². The zero-order valence-electron chi connectivity index (χ0n) is 37.3. The first-order valence-electron chi connectivity index (χ1n) is 22.6. The minimum absolute atomic E-state index is 0.0638. The Morgan fingerprint density at radius 3 is 2.05 bits per heavy atom. The van der Waals surface area contributed by atoms with Crippen LogP contribution in [0, 0.1) is 44.8 Å². The fourth-order valence-electron chi connectivity index (χ4n) is 15.5. The standard InChI is InChI=1S/C45H72O16/c1-21(47)56-33-24(50)19-55-38(34(33)57-22(2)48)60-28-11-13-45-20-44(45)15-14-41(7)35(43(9)12-10-29(61-43)40(5,6)54)23(49)17-42(41,8)27(44)16-25(36(45)39(28,3)4)58-37-32(53)31(52)30(51)26(18-46)59-37/h23-38,46,49-54H,10-20H2,1-9H3/t23-,24+,25-,26+,27-,28-,29-,30+,31-,32+,33-,34+,35-,36-,37+,38-,41+,42-,43-,44-,45+/m0/s1. The largest absolute Gasteiger partial charge is 0.455 e. The van der Waals surface area contributed by atoms with Crippen molar-refractivity contribution in [3.63, 3.8) is 0 Å². The molecular weight excluding hydrogens is 796 g/mol. The lowest BCUT2D eigenvalue weighted by Crippen LogP contribution is -2.65. The van der Waals surface area contributed by atoms with E-state index in [4.69, 9.17) is 33.2 Å². The van der Waals surface area contributed by atoms with Gasteiger partial charge in [0.25, 0.3) is 0 Å². The van der Waals surface area contributed by atoms with Gasteiger partial charge in [0.1, 0.15) is 30.5 Å². The molecule has 5 saturated carbocycles. The second kappa shape index (κ2) is 15.3. The molecule has 8 fully saturated rings. The van der Waals surface area contributed by atoms with Gasteiger partial charge in [0.15, 0.2) is 24.8 Å². The van der Waals surface area contributed by atoms with E-state index in [9.17, 15) is 45.3 Å². The number of aliphatic hydroxyl groups is 7. The second-order valence-corrected chi connectivity index (χ2v) is 22.2. The van der Waals surface area contributed by atoms with Crippen LogP contribution in [-0.2, 0) is 42.7 Å². The third-order valence-electron chi connectivity index (χ3n) is 18.2. The Labute approximate surface area is 358 Å². The monoisotopic (exact) mass is 868 g/mol. The van der Waals surface area contributed by atoms with Crippen molar-refractivity contribution in [3.8, 4) is 0 Å². The summed E-state index contributed by atoms with van der Waals surface area (Å²) in [6.07, 6.45) is -7.80. The van der Waals surface area contributed by atoms with Gasteiger partial charge in [-0.25, -0.2) is 0 Å². The number of carbonyl (C=O) groups is 2. The van der Waals surface area contributed by atoms with Crippen LogP contribution in [0.4, 0.5) is 0 Å². The molecule has 3 aliphatic heterocycles. The lowest BCUT2D eigenvalue weighted by molar-refractivity contribution is -0.339. The smallest absolute Gasteiger partial charge is 0.303 e. The highest BCUT2D eigenvalue weighted by Gasteiger charge is 2.85. The van der Waals surface area contributed by atoms with Crippen LogP contribution in [0.25, 0.3) is 0 Å². The van der Waals surface area contributed by atoms with E-state index in [2.05, 4.69) is 34.6 Å². The quantitative estimate of drug-likeness (QED) is 0.129. The van der Waals surface area contributed by atoms with Crippen molar-refractivity contribution in [2.24, 2.45) is 44.8 Å². The first kappa shape index (κ1) is 46.0. The number of rotatable bonds is 9. The molecule has 5 aliphatic carbocycles. The van der Waals surface area contributed by atoms with Crippen LogP contribution in [0.15, 0.2) is 0 Å². The van der Waals surface area contributed by atoms with E-state index in [1.807, 2.05) is 0 Å². The third-order valence-corrected chi connectivity index (χ3v) is 18.2. The number of hydrogen-bond acceptors (Lipinski definition) is 16. The number of esters is 2. The van der Waals surface area contributed by atoms with Gasteiger partial charge in [-0.2, -0.15) is 0 Å². The number of aliphatic hydroxyl groups excluding tert-OH is 6. The van der Waals surface area contributed by atoms with Gasteiger partial charge in [-0.3, -0.25) is 9.59 Å². The minimum atomic E-state index is -1.63. The molecule has 21 atom stereocenters. The molecule has 0 aromatic heterocycles. The van der Waals surface area contributed by atoms with Crippen LogP contribution in [0.1, 0.15) is 120 Å². The van der Waals surface area contributed by atoms with Crippen molar-refractivity contribution in [2.75, 3.05) is 13.2 Å². The van der Waals surface area contributed by atoms with Crippen LogP contribution in [0.5, 0.6) is 0 Å². The number of ether oxygens (including phenoxy) is 7. The molecule has 0 bridgehead atoms. The third kappa shape index (κ3) is 6.89. The van der Waals surface area contributed by atoms with Crippen LogP contribution < -0.4 is 0 Å². The van der Waals surface area contributed by atoms with Gasteiger partial charge in [0.2, 0.25) is 0 Å². The molecule has 0 aromatic carbocycles. The van der Waals surface area contributed by atoms with E-state index >= 15 is 0 Å². The summed E-state index contributed by atoms with van der Waals surface area (Å²) < 4.78 is 43.6. The SMILES string of the molecule is CC(=O)O[C@@H]1[C@@H](OC(C)=O)[C@H](O[C@H]2CC[C@]34C[C@]35CC[C@]3(C)[C@@H]([C@]6(C)CC[C@@H](C(C)(C)O)O6)[C@@H](O)C[C@@]3(C)[C@@H]5C[C@H](O[C@@H]3O[C@H](CO)[C@@H](O)[C@H](O)[C@H]3O)[C@H]4C2(C)C)OC[C@H]1O. The molecule has 16 nitrogen and oxygen atoms in total. The van der Waals surface area contributed by atoms with Gasteiger partial charge >= 0.3 is 11.9 Å². The van der Waals surface area contributed by atoms with E-state index in [-0.39, 0.29) is 52.1 Å². The Kier molecular flexibility index (Phi) is 11.5. The highest BCUT2D eigenvalue weighted by molar-refractivity contribution is 5.67. The van der Waals surface area contributed by atoms with Crippen LogP contribution in [0.3, 0.4) is 0 Å². The molecule has 8 rings (SSSR count). The maximum atomic E-state index is 12.4. The topological polar surface area (TPSA) is 240 Å². The summed E-state index contributed by atoms with van der Waals surface area (Å²) >= 11 is 0. The van der Waals surface area contributed by atoms with Crippen molar-refractivity contribution in [3.05, 3.63) is 0 Å². The molecule has 0 aromatic rings. The van der Waals surface area contributed by atoms with E-state index in [1.54, 1.807) is 13.8 Å². The van der Waals surface area contributed by atoms with E-state index in [1.165, 1.54) is 13.8 Å². The highest BCUT2D eigenvalue weighted by Crippen LogP contribution is 2.89. The van der Waals surface area contributed by atoms with Gasteiger partial charge in [-0.05, 0) is 117 Å². The van der Waals surface area contributed by atoms with Crippen LogP contribution in [-0.4, -0.2) is 152 Å². The Hall–Kier alpha value is -1.54. The second-order valence-electron chi connectivity index (χ2n) is 22.2. The maximum absolute atomic E-state index is 12.4. The molecule has 16 heteroatoms. The summed E-state index contributed by atoms with van der Waals surface area (Å²) in [6.45, 7) is 16.1. The van der Waals surface area contributed by atoms with Crippen molar-refractivity contribution >= 4 is 11.9 Å². The average molecular weight is 869 g/mol. The molecule has 3 heterocycles. The van der Waals surface area contributed by atoms with Crippen molar-refractivity contribution in [1.29, 1.82) is 0 Å². The Morgan fingerprint density at radius 2 is 1.43 bits per heavy atom. The van der Waals surface area contributed by atoms with Crippen molar-refractivity contribution < 1.29 is 78.5 Å². The predicted octanol–water partition coefficient (Wildman–Crippen LogP) is 1.87. The minimum Gasteiger partial charge on any atom is -0.455 e. The lowest BCUT2D eigenvalue weighted by atomic mass is 9.41. The molecule has 2 spiro atoms. The summed E-state index contributed by atoms with van der Waals surface area (Å²) in [7, 11) is 0. The highest BCUT2D eigenvalue weighted by atomic mass is 16.7. The molecule has 0 amide bonds. The molecule has 61 heavy (non-hydrogen) atoms. The summed E-state index contributed by atoms with van der Waals surface area (Å²) in [5.74, 6) is -1.67. The molecule has 3 saturated heterocycles. The average Bonchev–Trinajstić information content (AvgIpc) is 3.52. The molecule has 8 aliphatic rings. The maximum Gasteiger partial charge on any atom is 0.303 e. The molecule has 348 valence electrons. The fourth-order valence-corrected chi connectivity index (χ4v) is 15.5. The number of carbonyl (C=O) groups excluding carboxylic acids is 2. The van der Waals surface area contributed by atoms with Crippen LogP contribution in [0.2, 0.25) is 0 Å². The van der Waals surface area contributed by atoms with Gasteiger partial charge < -0.3 is 68.9 Å². The summed E-state index contributed by atoms with van der Waals surface area (Å²) in [5, 5.41) is 77.1. The Bertz CT molecular complexity index is 1680. The van der Waals surface area contributed by atoms with Crippen molar-refractivity contribution in [1.82, 2.24) is 0 Å². The zero-order chi connectivity index (χ0) is 44.6. The molecule has 0 radical (unpaired) electrons. The summed E-state index contributed by atoms with van der Waals surface area (Å²) in [6, 6.07) is 0. The molecule has 0 unspecified atom stereocenters. The summed E-state index contributed by atoms with van der Waals surface area (Å²) in [5.41, 5.74) is -3.46. The van der Waals surface area contributed by atoms with Gasteiger partial charge in [0.05, 0.1) is 48.8 Å². The Balaban J connectivity index is 1.15. The number of fused-ring (bicyclic) bond motifs is 2. The number of hydrogen-bond donors (Lipinski definition) is 7. The van der Waals surface area contributed by atoms with Gasteiger partial charge in [0, 0.05) is 19.8 Å². The fraction of sp³-hybridized carbons (Fsp3) is 0.956. The first-order chi connectivity index (χ1) is 28.3. The molecule has 7 N–H and O–H groups in total. The Morgan fingerprint density at radius 1 is 0.754 bits per heavy atom. The van der Waals surface area contributed by atoms with Crippen molar-refractivity contribution in [2.45, 2.75) is 211 Å². The molecular formula is C45H72O16. The summed E-state index contributed by atoms with van der Waals surface area (Å²) in [4.78, 5) is 24.5. The van der Waals surface area contributed by atoms with E-state index in [0.717, 1.165) is 32.1 Å². The predicted molar refractivity (Wildman–Crippen MR) is 213 cm³/mol. The van der Waals surface area contributed by atoms with E-state index in [0.29, 0.717) is 25.7 Å². The van der Waals surface area contributed by atoms with Gasteiger partial charge in [-0.15, -0.1) is 0 Å². The van der Waals surface area contributed by atoms with E-state index < -0.39 is 109 Å². The first-order valence-corrected chi connectivity index (χ1v) is 22.6. The lowest BCUT2D eigenvalue weighted by Gasteiger charge is -2.65. The van der Waals surface area contributed by atoms with Gasteiger partial charge in [-0.1, -0.05) is 27.7 Å². The zero-order valence-corrected chi connectivity index (χ0v) is 37.3.